The van der Waals surface area contributed by atoms with Crippen molar-refractivity contribution in [2.45, 2.75) is 5.92 Å². The molecule has 27 heavy (non-hydrogen) atoms. The molecule has 0 aliphatic heterocycles. The number of hydrogen-bond donors (Lipinski definition) is 1. The number of ketones is 1. The molecule has 0 amide bonds. The highest BCUT2D eigenvalue weighted by Crippen LogP contribution is 2.29. The number of ether oxygens (including phenoxy) is 1. The number of carboxylic acids is 1. The predicted octanol–water partition coefficient (Wildman–Crippen LogP) is 4.43. The molecule has 4 nitrogen and oxygen atoms in total. The summed E-state index contributed by atoms with van der Waals surface area (Å²) in [4.78, 5) is 25.0. The third-order valence-corrected chi connectivity index (χ3v) is 4.41. The fourth-order valence-electron chi connectivity index (χ4n) is 3.04. The van der Waals surface area contributed by atoms with Crippen LogP contribution in [-0.2, 0) is 4.79 Å². The average Bonchev–Trinajstić information content (AvgIpc) is 2.72. The van der Waals surface area contributed by atoms with Gasteiger partial charge in [0, 0.05) is 11.5 Å². The molecular formula is C23H20O4. The summed E-state index contributed by atoms with van der Waals surface area (Å²) in [5.41, 5.74) is 1.13. The number of hydrogen-bond acceptors (Lipinski definition) is 3. The van der Waals surface area contributed by atoms with Crippen LogP contribution in [0, 0.1) is 5.92 Å². The molecule has 0 aliphatic rings. The Kier molecular flexibility index (Phi) is 6.00. The molecule has 2 unspecified atom stereocenters. The monoisotopic (exact) mass is 360 g/mol. The summed E-state index contributed by atoms with van der Waals surface area (Å²) in [5, 5.41) is 9.86. The second-order valence-corrected chi connectivity index (χ2v) is 6.19. The van der Waals surface area contributed by atoms with Gasteiger partial charge in [-0.2, -0.15) is 0 Å². The quantitative estimate of drug-likeness (QED) is 0.477. The number of carboxylic acid groups (broad SMARTS) is 1. The molecule has 4 heteroatoms. The Labute approximate surface area is 158 Å². The average molecular weight is 360 g/mol. The van der Waals surface area contributed by atoms with E-state index in [2.05, 4.69) is 0 Å². The van der Waals surface area contributed by atoms with Crippen molar-refractivity contribution >= 4 is 11.8 Å². The van der Waals surface area contributed by atoms with Crippen molar-refractivity contribution in [3.05, 3.63) is 102 Å². The Morgan fingerprint density at radius 1 is 0.778 bits per heavy atom. The summed E-state index contributed by atoms with van der Waals surface area (Å²) in [6, 6.07) is 26.9. The second-order valence-electron chi connectivity index (χ2n) is 6.19. The van der Waals surface area contributed by atoms with Crippen molar-refractivity contribution in [2.24, 2.45) is 5.92 Å². The molecule has 3 rings (SSSR count). The number of aliphatic carboxylic acids is 1. The third-order valence-electron chi connectivity index (χ3n) is 4.41. The van der Waals surface area contributed by atoms with E-state index < -0.39 is 23.6 Å². The number of para-hydroxylation sites is 1. The molecule has 3 aromatic rings. The van der Waals surface area contributed by atoms with E-state index in [4.69, 9.17) is 4.74 Å². The SMILES string of the molecule is O=C(O)C(C(=O)c1ccccc1)C(COc1ccccc1)c1ccccc1. The van der Waals surface area contributed by atoms with Crippen LogP contribution in [0.1, 0.15) is 21.8 Å². The van der Waals surface area contributed by atoms with Crippen molar-refractivity contribution in [3.8, 4) is 5.75 Å². The molecule has 0 heterocycles. The Bertz CT molecular complexity index is 876. The normalized spacial score (nSPS) is 12.7. The van der Waals surface area contributed by atoms with Crippen molar-refractivity contribution in [1.29, 1.82) is 0 Å². The summed E-state index contributed by atoms with van der Waals surface area (Å²) in [5.74, 6) is -2.80. The molecule has 1 N–H and O–H groups in total. The first-order chi connectivity index (χ1) is 13.2. The minimum absolute atomic E-state index is 0.0869. The third kappa shape index (κ3) is 4.61. The first-order valence-electron chi connectivity index (χ1n) is 8.71. The molecule has 0 spiro atoms. The van der Waals surface area contributed by atoms with Crippen LogP contribution in [-0.4, -0.2) is 23.5 Å². The van der Waals surface area contributed by atoms with Gasteiger partial charge in [0.25, 0.3) is 0 Å². The number of benzene rings is 3. The molecule has 0 radical (unpaired) electrons. The van der Waals surface area contributed by atoms with Gasteiger partial charge in [-0.15, -0.1) is 0 Å². The smallest absolute Gasteiger partial charge is 0.315 e. The van der Waals surface area contributed by atoms with Crippen LogP contribution >= 0.6 is 0 Å². The number of Topliss-reactive ketones (excluding diaryl/α,β-unsaturated/α-hetero) is 1. The van der Waals surface area contributed by atoms with E-state index in [9.17, 15) is 14.7 Å². The van der Waals surface area contributed by atoms with Crippen LogP contribution in [0.25, 0.3) is 0 Å². The fraction of sp³-hybridized carbons (Fsp3) is 0.130. The molecular weight excluding hydrogens is 340 g/mol. The molecule has 0 aromatic heterocycles. The highest BCUT2D eigenvalue weighted by molar-refractivity contribution is 6.08. The second kappa shape index (κ2) is 8.81. The van der Waals surface area contributed by atoms with E-state index in [0.29, 0.717) is 11.3 Å². The largest absolute Gasteiger partial charge is 0.493 e. The summed E-state index contributed by atoms with van der Waals surface area (Å²) in [6.45, 7) is 0.0869. The van der Waals surface area contributed by atoms with Crippen LogP contribution in [0.15, 0.2) is 91.0 Å². The van der Waals surface area contributed by atoms with Gasteiger partial charge < -0.3 is 9.84 Å². The number of carbonyl (C=O) groups excluding carboxylic acids is 1. The van der Waals surface area contributed by atoms with Gasteiger partial charge in [-0.1, -0.05) is 78.9 Å². The van der Waals surface area contributed by atoms with Crippen LogP contribution < -0.4 is 4.74 Å². The lowest BCUT2D eigenvalue weighted by molar-refractivity contribution is -0.140. The van der Waals surface area contributed by atoms with Crippen LogP contribution in [0.4, 0.5) is 0 Å². The van der Waals surface area contributed by atoms with E-state index in [0.717, 1.165) is 5.56 Å². The maximum atomic E-state index is 13.0. The van der Waals surface area contributed by atoms with Crippen LogP contribution in [0.3, 0.4) is 0 Å². The minimum Gasteiger partial charge on any atom is -0.493 e. The molecule has 0 saturated heterocycles. The summed E-state index contributed by atoms with van der Waals surface area (Å²) in [7, 11) is 0. The summed E-state index contributed by atoms with van der Waals surface area (Å²) >= 11 is 0. The molecule has 2 atom stereocenters. The van der Waals surface area contributed by atoms with E-state index in [1.807, 2.05) is 48.5 Å². The topological polar surface area (TPSA) is 63.6 Å². The Balaban J connectivity index is 1.93. The van der Waals surface area contributed by atoms with E-state index >= 15 is 0 Å². The van der Waals surface area contributed by atoms with Gasteiger partial charge >= 0.3 is 5.97 Å². The van der Waals surface area contributed by atoms with Gasteiger partial charge in [0.1, 0.15) is 11.7 Å². The molecule has 0 saturated carbocycles. The Morgan fingerprint density at radius 2 is 1.30 bits per heavy atom. The van der Waals surface area contributed by atoms with E-state index in [-0.39, 0.29) is 6.61 Å². The highest BCUT2D eigenvalue weighted by atomic mass is 16.5. The molecule has 0 bridgehead atoms. The van der Waals surface area contributed by atoms with Gasteiger partial charge in [0.15, 0.2) is 5.78 Å². The lowest BCUT2D eigenvalue weighted by Crippen LogP contribution is -2.33. The first kappa shape index (κ1) is 18.4. The van der Waals surface area contributed by atoms with Crippen LogP contribution in [0.5, 0.6) is 5.75 Å². The van der Waals surface area contributed by atoms with Crippen molar-refractivity contribution < 1.29 is 19.4 Å². The molecule has 3 aromatic carbocycles. The zero-order chi connectivity index (χ0) is 19.1. The number of carbonyl (C=O) groups is 2. The Hall–Kier alpha value is -3.40. The summed E-state index contributed by atoms with van der Waals surface area (Å²) < 4.78 is 5.82. The number of rotatable bonds is 8. The maximum absolute atomic E-state index is 13.0. The van der Waals surface area contributed by atoms with Crippen LogP contribution in [0.2, 0.25) is 0 Å². The Morgan fingerprint density at radius 3 is 1.85 bits per heavy atom. The van der Waals surface area contributed by atoms with E-state index in [1.54, 1.807) is 42.5 Å². The fourth-order valence-corrected chi connectivity index (χ4v) is 3.04. The predicted molar refractivity (Wildman–Crippen MR) is 103 cm³/mol. The van der Waals surface area contributed by atoms with Gasteiger partial charge in [-0.3, -0.25) is 9.59 Å². The zero-order valence-electron chi connectivity index (χ0n) is 14.7. The molecule has 0 aliphatic carbocycles. The van der Waals surface area contributed by atoms with Gasteiger partial charge in [-0.05, 0) is 17.7 Å². The highest BCUT2D eigenvalue weighted by Gasteiger charge is 2.36. The van der Waals surface area contributed by atoms with Gasteiger partial charge in [0.05, 0.1) is 6.61 Å². The first-order valence-corrected chi connectivity index (χ1v) is 8.71. The van der Waals surface area contributed by atoms with E-state index in [1.165, 1.54) is 0 Å². The summed E-state index contributed by atoms with van der Waals surface area (Å²) in [6.07, 6.45) is 0. The van der Waals surface area contributed by atoms with Gasteiger partial charge in [-0.25, -0.2) is 0 Å². The lowest BCUT2D eigenvalue weighted by Gasteiger charge is -2.24. The van der Waals surface area contributed by atoms with Crippen molar-refractivity contribution in [3.63, 3.8) is 0 Å². The standard InChI is InChI=1S/C23H20O4/c24-22(18-12-6-2-7-13-18)21(23(25)26)20(17-10-4-1-5-11-17)16-27-19-14-8-3-9-15-19/h1-15,20-21H,16H2,(H,25,26). The minimum atomic E-state index is -1.24. The molecule has 136 valence electrons. The lowest BCUT2D eigenvalue weighted by atomic mass is 9.81. The maximum Gasteiger partial charge on any atom is 0.315 e. The van der Waals surface area contributed by atoms with Gasteiger partial charge in [0.2, 0.25) is 0 Å². The zero-order valence-corrected chi connectivity index (χ0v) is 14.7. The van der Waals surface area contributed by atoms with Crippen molar-refractivity contribution in [1.82, 2.24) is 0 Å². The molecule has 0 fully saturated rings. The van der Waals surface area contributed by atoms with Crippen molar-refractivity contribution in [2.75, 3.05) is 6.61 Å².